The van der Waals surface area contributed by atoms with Gasteiger partial charge in [-0.25, -0.2) is 9.31 Å². The van der Waals surface area contributed by atoms with Crippen LogP contribution in [0.2, 0.25) is 0 Å². The molecular formula is C12H12N2O2. The number of hydrogen-bond acceptors (Lipinski definition) is 3. The van der Waals surface area contributed by atoms with Crippen LogP contribution >= 0.6 is 0 Å². The maximum absolute atomic E-state index is 11.5. The smallest absolute Gasteiger partial charge is 0.339 e. The van der Waals surface area contributed by atoms with Crippen molar-refractivity contribution < 1.29 is 9.53 Å². The first-order valence-corrected chi connectivity index (χ1v) is 5.03. The number of fused-ring (bicyclic) bond motifs is 1. The number of aromatic nitrogens is 2. The van der Waals surface area contributed by atoms with Crippen LogP contribution in [0.1, 0.15) is 12.6 Å². The lowest BCUT2D eigenvalue weighted by Crippen LogP contribution is -2.09. The molecule has 0 saturated heterocycles. The molecule has 4 heteroatoms. The lowest BCUT2D eigenvalue weighted by atomic mass is 10.2. The van der Waals surface area contributed by atoms with Crippen LogP contribution in [-0.4, -0.2) is 22.2 Å². The van der Waals surface area contributed by atoms with Gasteiger partial charge in [0, 0.05) is 0 Å². The lowest BCUT2D eigenvalue weighted by Gasteiger charge is -2.07. The average molecular weight is 216 g/mol. The minimum absolute atomic E-state index is 0.316. The third kappa shape index (κ3) is 1.69. The minimum atomic E-state index is -0.412. The van der Waals surface area contributed by atoms with Gasteiger partial charge in [-0.1, -0.05) is 12.6 Å². The summed E-state index contributed by atoms with van der Waals surface area (Å²) in [4.78, 5) is 11.5. The number of carbonyl (C=O) groups is 1. The van der Waals surface area contributed by atoms with Gasteiger partial charge in [0.05, 0.1) is 29.6 Å². The molecular weight excluding hydrogens is 204 g/mol. The standard InChI is InChI=1S/C12H12N2O2/c1-3-16-12(15)9(2)11-6-4-5-10-7-8-13-14(10)11/h4-8H,2-3H2,1H3. The molecule has 2 aromatic rings. The zero-order valence-electron chi connectivity index (χ0n) is 9.01. The predicted molar refractivity (Wildman–Crippen MR) is 60.9 cm³/mol. The second kappa shape index (κ2) is 4.18. The van der Waals surface area contributed by atoms with Crippen LogP contribution in [0.4, 0.5) is 0 Å². The Morgan fingerprint density at radius 1 is 1.50 bits per heavy atom. The molecule has 0 aromatic carbocycles. The van der Waals surface area contributed by atoms with Gasteiger partial charge in [-0.3, -0.25) is 0 Å². The summed E-state index contributed by atoms with van der Waals surface area (Å²) in [6, 6.07) is 7.42. The van der Waals surface area contributed by atoms with Gasteiger partial charge in [0.15, 0.2) is 0 Å². The Labute approximate surface area is 93.1 Å². The molecule has 2 rings (SSSR count). The summed E-state index contributed by atoms with van der Waals surface area (Å²) in [6.45, 7) is 5.84. The molecule has 0 N–H and O–H groups in total. The maximum Gasteiger partial charge on any atom is 0.339 e. The molecule has 2 heterocycles. The zero-order chi connectivity index (χ0) is 11.5. The highest BCUT2D eigenvalue weighted by Crippen LogP contribution is 2.15. The van der Waals surface area contributed by atoms with E-state index in [-0.39, 0.29) is 0 Å². The van der Waals surface area contributed by atoms with Gasteiger partial charge in [-0.15, -0.1) is 0 Å². The van der Waals surface area contributed by atoms with Crippen molar-refractivity contribution in [1.82, 2.24) is 9.61 Å². The molecule has 0 aliphatic heterocycles. The number of rotatable bonds is 3. The molecule has 0 saturated carbocycles. The van der Waals surface area contributed by atoms with Crippen LogP contribution < -0.4 is 0 Å². The average Bonchev–Trinajstić information content (AvgIpc) is 2.76. The van der Waals surface area contributed by atoms with Crippen molar-refractivity contribution >= 4 is 17.1 Å². The largest absolute Gasteiger partial charge is 0.462 e. The number of ether oxygens (including phenoxy) is 1. The number of nitrogens with zero attached hydrogens (tertiary/aromatic N) is 2. The molecule has 0 radical (unpaired) electrons. The summed E-state index contributed by atoms with van der Waals surface area (Å²) in [5.41, 5.74) is 1.89. The Balaban J connectivity index is 2.43. The van der Waals surface area contributed by atoms with Crippen LogP contribution in [0.15, 0.2) is 37.0 Å². The van der Waals surface area contributed by atoms with Crippen molar-refractivity contribution in [2.45, 2.75) is 6.92 Å². The Kier molecular flexibility index (Phi) is 2.72. The van der Waals surface area contributed by atoms with Crippen molar-refractivity contribution in [2.75, 3.05) is 6.61 Å². The Morgan fingerprint density at radius 2 is 2.31 bits per heavy atom. The van der Waals surface area contributed by atoms with Crippen LogP contribution in [-0.2, 0) is 9.53 Å². The predicted octanol–water partition coefficient (Wildman–Crippen LogP) is 1.91. The van der Waals surface area contributed by atoms with Crippen molar-refractivity contribution in [2.24, 2.45) is 0 Å². The normalized spacial score (nSPS) is 10.3. The second-order valence-corrected chi connectivity index (χ2v) is 3.28. The second-order valence-electron chi connectivity index (χ2n) is 3.28. The summed E-state index contributed by atoms with van der Waals surface area (Å²) >= 11 is 0. The van der Waals surface area contributed by atoms with Crippen LogP contribution in [0.5, 0.6) is 0 Å². The molecule has 0 unspecified atom stereocenters. The SMILES string of the molecule is C=C(C(=O)OCC)c1cccc2ccnn12. The Bertz CT molecular complexity index is 543. The van der Waals surface area contributed by atoms with E-state index in [1.807, 2.05) is 18.2 Å². The molecule has 16 heavy (non-hydrogen) atoms. The molecule has 0 aliphatic carbocycles. The van der Waals surface area contributed by atoms with Crippen LogP contribution in [0.3, 0.4) is 0 Å². The highest BCUT2D eigenvalue weighted by Gasteiger charge is 2.13. The van der Waals surface area contributed by atoms with Crippen molar-refractivity contribution in [3.63, 3.8) is 0 Å². The Hall–Kier alpha value is -2.10. The first-order chi connectivity index (χ1) is 7.74. The van der Waals surface area contributed by atoms with Crippen molar-refractivity contribution in [3.05, 3.63) is 42.7 Å². The van der Waals surface area contributed by atoms with E-state index in [1.54, 1.807) is 23.7 Å². The van der Waals surface area contributed by atoms with Crippen LogP contribution in [0, 0.1) is 0 Å². The molecule has 0 spiro atoms. The van der Waals surface area contributed by atoms with E-state index in [4.69, 9.17) is 4.74 Å². The molecule has 0 amide bonds. The fourth-order valence-corrected chi connectivity index (χ4v) is 1.50. The van der Waals surface area contributed by atoms with E-state index in [9.17, 15) is 4.79 Å². The summed E-state index contributed by atoms with van der Waals surface area (Å²) in [6.07, 6.45) is 1.68. The first kappa shape index (κ1) is 10.4. The van der Waals surface area contributed by atoms with Gasteiger partial charge in [0.1, 0.15) is 0 Å². The highest BCUT2D eigenvalue weighted by atomic mass is 16.5. The monoisotopic (exact) mass is 216 g/mol. The van der Waals surface area contributed by atoms with Gasteiger partial charge in [0.2, 0.25) is 0 Å². The number of esters is 1. The molecule has 4 nitrogen and oxygen atoms in total. The fraction of sp³-hybridized carbons (Fsp3) is 0.167. The van der Waals surface area contributed by atoms with E-state index in [0.29, 0.717) is 17.9 Å². The fourth-order valence-electron chi connectivity index (χ4n) is 1.50. The lowest BCUT2D eigenvalue weighted by molar-refractivity contribution is -0.136. The summed E-state index contributed by atoms with van der Waals surface area (Å²) in [5, 5.41) is 4.13. The van der Waals surface area contributed by atoms with Gasteiger partial charge >= 0.3 is 5.97 Å². The van der Waals surface area contributed by atoms with E-state index >= 15 is 0 Å². The van der Waals surface area contributed by atoms with E-state index < -0.39 is 5.97 Å². The van der Waals surface area contributed by atoms with Gasteiger partial charge in [-0.05, 0) is 25.1 Å². The molecule has 0 atom stereocenters. The Morgan fingerprint density at radius 3 is 3.06 bits per heavy atom. The topological polar surface area (TPSA) is 43.6 Å². The third-order valence-electron chi connectivity index (χ3n) is 2.25. The quantitative estimate of drug-likeness (QED) is 0.581. The van der Waals surface area contributed by atoms with Crippen molar-refractivity contribution in [1.29, 1.82) is 0 Å². The highest BCUT2D eigenvalue weighted by molar-refractivity contribution is 6.15. The van der Waals surface area contributed by atoms with Gasteiger partial charge in [-0.2, -0.15) is 5.10 Å². The van der Waals surface area contributed by atoms with E-state index in [1.165, 1.54) is 0 Å². The summed E-state index contributed by atoms with van der Waals surface area (Å²) in [7, 11) is 0. The number of carbonyl (C=O) groups excluding carboxylic acids is 1. The molecule has 0 bridgehead atoms. The third-order valence-corrected chi connectivity index (χ3v) is 2.25. The molecule has 82 valence electrons. The van der Waals surface area contributed by atoms with E-state index in [2.05, 4.69) is 11.7 Å². The molecule has 2 aromatic heterocycles. The minimum Gasteiger partial charge on any atom is -0.462 e. The number of hydrogen-bond donors (Lipinski definition) is 0. The van der Waals surface area contributed by atoms with Gasteiger partial charge in [0.25, 0.3) is 0 Å². The van der Waals surface area contributed by atoms with E-state index in [0.717, 1.165) is 5.52 Å². The molecule has 0 aliphatic rings. The zero-order valence-corrected chi connectivity index (χ0v) is 9.01. The number of pyridine rings is 1. The summed E-state index contributed by atoms with van der Waals surface area (Å²) < 4.78 is 6.57. The molecule has 0 fully saturated rings. The van der Waals surface area contributed by atoms with Gasteiger partial charge < -0.3 is 4.74 Å². The maximum atomic E-state index is 11.5. The van der Waals surface area contributed by atoms with Crippen LogP contribution in [0.25, 0.3) is 11.1 Å². The summed E-state index contributed by atoms with van der Waals surface area (Å²) in [5.74, 6) is -0.412. The first-order valence-electron chi connectivity index (χ1n) is 5.03. The van der Waals surface area contributed by atoms with Crippen molar-refractivity contribution in [3.8, 4) is 0 Å².